The first-order valence-electron chi connectivity index (χ1n) is 21.2. The molecular weight excluding hydrogens is 777 g/mol. The number of anilines is 1. The molecule has 2 N–H and O–H groups in total. The second-order valence-corrected chi connectivity index (χ2v) is 18.8. The van der Waals surface area contributed by atoms with Crippen LogP contribution < -0.4 is 25.0 Å². The lowest BCUT2D eigenvalue weighted by Gasteiger charge is -2.63. The number of hydrogen-bond donors (Lipinski definition) is 2. The molecule has 8 rings (SSSR count). The summed E-state index contributed by atoms with van der Waals surface area (Å²) in [7, 11) is 2.15. The predicted molar refractivity (Wildman–Crippen MR) is 224 cm³/mol. The van der Waals surface area contributed by atoms with Crippen molar-refractivity contribution in [3.05, 3.63) is 76.1 Å². The topological polar surface area (TPSA) is 187 Å². The van der Waals surface area contributed by atoms with E-state index in [1.807, 2.05) is 26.0 Å². The van der Waals surface area contributed by atoms with Gasteiger partial charge in [-0.2, -0.15) is 5.26 Å². The van der Waals surface area contributed by atoms with Gasteiger partial charge < -0.3 is 24.6 Å². The van der Waals surface area contributed by atoms with Crippen molar-refractivity contribution in [2.24, 2.45) is 16.7 Å². The maximum absolute atomic E-state index is 13.5. The van der Waals surface area contributed by atoms with Gasteiger partial charge >= 0.3 is 0 Å². The third-order valence-corrected chi connectivity index (χ3v) is 13.7. The summed E-state index contributed by atoms with van der Waals surface area (Å²) in [4.78, 5) is 78.5. The highest BCUT2D eigenvalue weighted by Crippen LogP contribution is 2.55. The van der Waals surface area contributed by atoms with Crippen LogP contribution in [0.5, 0.6) is 11.5 Å². The van der Waals surface area contributed by atoms with Crippen molar-refractivity contribution in [3.8, 4) is 17.6 Å². The normalized spacial score (nSPS) is 25.6. The van der Waals surface area contributed by atoms with Crippen molar-refractivity contribution < 1.29 is 33.4 Å². The molecule has 2 aromatic carbocycles. The van der Waals surface area contributed by atoms with Crippen LogP contribution >= 0.6 is 0 Å². The smallest absolute Gasteiger partial charge is 0.262 e. The molecule has 320 valence electrons. The Hall–Kier alpha value is -5.88. The van der Waals surface area contributed by atoms with E-state index in [-0.39, 0.29) is 59.0 Å². The minimum absolute atomic E-state index is 0.0144. The lowest BCUT2D eigenvalue weighted by molar-refractivity contribution is -0.164. The van der Waals surface area contributed by atoms with Crippen LogP contribution in [0.3, 0.4) is 0 Å². The number of aryl methyl sites for hydroxylation is 2. The molecule has 2 saturated carbocycles. The quantitative estimate of drug-likeness (QED) is 0.253. The van der Waals surface area contributed by atoms with Gasteiger partial charge in [-0.15, -0.1) is 0 Å². The van der Waals surface area contributed by atoms with E-state index < -0.39 is 29.7 Å². The van der Waals surface area contributed by atoms with Crippen molar-refractivity contribution in [1.29, 1.82) is 5.26 Å². The maximum atomic E-state index is 13.5. The van der Waals surface area contributed by atoms with E-state index in [4.69, 9.17) is 9.47 Å². The van der Waals surface area contributed by atoms with Crippen LogP contribution in [-0.4, -0.2) is 106 Å². The summed E-state index contributed by atoms with van der Waals surface area (Å²) in [5.74, 6) is 0.0340. The molecule has 3 aliphatic heterocycles. The zero-order chi connectivity index (χ0) is 43.5. The van der Waals surface area contributed by atoms with Crippen LogP contribution in [0.15, 0.2) is 42.7 Å². The molecular formula is C46H54N8O7. The van der Waals surface area contributed by atoms with Crippen molar-refractivity contribution in [1.82, 2.24) is 30.4 Å². The van der Waals surface area contributed by atoms with Gasteiger partial charge in [0, 0.05) is 74.2 Å². The average Bonchev–Trinajstić information content (AvgIpc) is 3.44. The van der Waals surface area contributed by atoms with E-state index in [9.17, 15) is 29.2 Å². The molecule has 15 heteroatoms. The molecule has 5 amide bonds. The summed E-state index contributed by atoms with van der Waals surface area (Å²) in [6.45, 7) is 14.9. The zero-order valence-electron chi connectivity index (χ0n) is 35.9. The molecule has 1 aromatic heterocycles. The first-order valence-corrected chi connectivity index (χ1v) is 21.2. The van der Waals surface area contributed by atoms with Crippen LogP contribution in [-0.2, 0) is 9.59 Å². The second-order valence-electron chi connectivity index (χ2n) is 18.8. The Morgan fingerprint density at radius 1 is 0.918 bits per heavy atom. The van der Waals surface area contributed by atoms with E-state index in [1.54, 1.807) is 30.6 Å². The summed E-state index contributed by atoms with van der Waals surface area (Å²) < 4.78 is 12.7. The number of rotatable bonds is 11. The van der Waals surface area contributed by atoms with E-state index >= 15 is 0 Å². The number of ether oxygens (including phenoxy) is 2. The highest BCUT2D eigenvalue weighted by Gasteiger charge is 2.64. The molecule has 61 heavy (non-hydrogen) atoms. The summed E-state index contributed by atoms with van der Waals surface area (Å²) in [5.41, 5.74) is 2.57. The minimum atomic E-state index is -1.00. The molecule has 1 atom stereocenters. The van der Waals surface area contributed by atoms with Crippen molar-refractivity contribution in [3.63, 3.8) is 0 Å². The number of amides is 5. The van der Waals surface area contributed by atoms with Gasteiger partial charge in [-0.3, -0.25) is 34.2 Å². The van der Waals surface area contributed by atoms with Crippen LogP contribution in [0.1, 0.15) is 114 Å². The molecule has 1 unspecified atom stereocenters. The van der Waals surface area contributed by atoms with Crippen LogP contribution in [0.25, 0.3) is 0 Å². The van der Waals surface area contributed by atoms with E-state index in [2.05, 4.69) is 71.2 Å². The number of imide groups is 2. The Balaban J connectivity index is 0.773. The van der Waals surface area contributed by atoms with Gasteiger partial charge in [0.1, 0.15) is 29.7 Å². The summed E-state index contributed by atoms with van der Waals surface area (Å²) in [5, 5.41) is 14.9. The number of piperidine rings is 2. The number of hydrogen-bond acceptors (Lipinski definition) is 12. The van der Waals surface area contributed by atoms with Gasteiger partial charge in [-0.25, -0.2) is 9.97 Å². The molecule has 0 spiro atoms. The van der Waals surface area contributed by atoms with E-state index in [1.165, 1.54) is 0 Å². The van der Waals surface area contributed by atoms with Crippen molar-refractivity contribution in [2.75, 3.05) is 31.6 Å². The molecule has 4 heterocycles. The van der Waals surface area contributed by atoms with Crippen LogP contribution in [0.2, 0.25) is 0 Å². The second kappa shape index (κ2) is 15.9. The van der Waals surface area contributed by atoms with Crippen LogP contribution in [0.4, 0.5) is 5.95 Å². The average molecular weight is 831 g/mol. The third-order valence-electron chi connectivity index (χ3n) is 13.7. The Bertz CT molecular complexity index is 2280. The zero-order valence-corrected chi connectivity index (χ0v) is 35.9. The molecule has 15 nitrogen and oxygen atoms in total. The fourth-order valence-electron chi connectivity index (χ4n) is 10.5. The molecule has 5 aliphatic rings. The third kappa shape index (κ3) is 7.71. The van der Waals surface area contributed by atoms with Gasteiger partial charge in [0.15, 0.2) is 0 Å². The first-order chi connectivity index (χ1) is 29.0. The van der Waals surface area contributed by atoms with Gasteiger partial charge in [0.25, 0.3) is 17.7 Å². The van der Waals surface area contributed by atoms with Gasteiger partial charge in [-0.05, 0) is 87.5 Å². The van der Waals surface area contributed by atoms with Crippen LogP contribution in [0, 0.1) is 41.9 Å². The monoisotopic (exact) mass is 830 g/mol. The Kier molecular flexibility index (Phi) is 10.9. The molecule has 2 saturated heterocycles. The summed E-state index contributed by atoms with van der Waals surface area (Å²) >= 11 is 0. The van der Waals surface area contributed by atoms with E-state index in [0.29, 0.717) is 34.8 Å². The number of nitriles is 1. The van der Waals surface area contributed by atoms with Gasteiger partial charge in [0.2, 0.25) is 17.8 Å². The Labute approximate surface area is 356 Å². The van der Waals surface area contributed by atoms with Crippen molar-refractivity contribution >= 4 is 35.5 Å². The lowest BCUT2D eigenvalue weighted by Crippen LogP contribution is -2.74. The number of carbonyl (C=O) groups is 5. The number of aromatic nitrogens is 2. The Morgan fingerprint density at radius 2 is 1.56 bits per heavy atom. The fourth-order valence-corrected chi connectivity index (χ4v) is 10.5. The highest BCUT2D eigenvalue weighted by atomic mass is 16.5. The van der Waals surface area contributed by atoms with Crippen molar-refractivity contribution in [2.45, 2.75) is 110 Å². The van der Waals surface area contributed by atoms with Gasteiger partial charge in [-0.1, -0.05) is 27.7 Å². The largest absolute Gasteiger partial charge is 0.490 e. The molecule has 2 aliphatic carbocycles. The number of fused-ring (bicyclic) bond motifs is 1. The number of carbonyl (C=O) groups excluding carboxylic acids is 5. The summed E-state index contributed by atoms with van der Waals surface area (Å²) in [6, 6.07) is 10.1. The van der Waals surface area contributed by atoms with Gasteiger partial charge in [0.05, 0.1) is 28.3 Å². The maximum Gasteiger partial charge on any atom is 0.262 e. The molecule has 3 aromatic rings. The molecule has 4 fully saturated rings. The van der Waals surface area contributed by atoms with E-state index in [0.717, 1.165) is 67.1 Å². The number of benzene rings is 2. The highest BCUT2D eigenvalue weighted by molar-refractivity contribution is 6.23. The predicted octanol–water partition coefficient (Wildman–Crippen LogP) is 4.74. The minimum Gasteiger partial charge on any atom is -0.490 e. The molecule has 0 bridgehead atoms. The standard InChI is InChI=1S/C46H54N8O7/c1-25-16-31(17-26(2)35(25)21-47)61-43-45(3,4)42(46(43,5)6)51-38(56)28-22-48-44(49-23-28)53-14-12-27(13-15-53)24-52(7)29-18-32(19-29)60-30-8-9-33-34(20-30)41(59)54(40(33)58)36-10-11-37(55)50-39(36)57/h8-9,16-17,20,22-23,27,29,32,36,42-43H,10-15,18-19,24H2,1-7H3,(H,51,56)(H,50,55,57). The first kappa shape index (κ1) is 41.8. The number of nitrogens with zero attached hydrogens (tertiary/aromatic N) is 6. The SMILES string of the molecule is Cc1cc(OC2C(C)(C)C(NC(=O)c3cnc(N4CCC(CN(C)C5CC(Oc6ccc7c(c6)C(=O)N(C6CCC(=O)NC6=O)C7=O)C5)CC4)nc3)C2(C)C)cc(C)c1C#N. The summed E-state index contributed by atoms with van der Waals surface area (Å²) in [6.07, 6.45) is 6.91. The Morgan fingerprint density at radius 3 is 2.18 bits per heavy atom. The fraction of sp³-hybridized carbons (Fsp3) is 0.522. The number of nitrogens with one attached hydrogen (secondary N) is 2. The lowest BCUT2D eigenvalue weighted by atomic mass is 9.49. The molecule has 0 radical (unpaired) electrons.